The number of nitrogens with zero attached hydrogens (tertiary/aromatic N) is 1. The molecule has 178 valence electrons. The van der Waals surface area contributed by atoms with Crippen LogP contribution in [0.25, 0.3) is 0 Å². The molecule has 1 unspecified atom stereocenters. The number of para-hydroxylation sites is 1. The van der Waals surface area contributed by atoms with Crippen LogP contribution in [-0.4, -0.2) is 80.1 Å². The Morgan fingerprint density at radius 1 is 1.31 bits per heavy atom. The van der Waals surface area contributed by atoms with Crippen LogP contribution >= 0.6 is 11.8 Å². The van der Waals surface area contributed by atoms with Crippen LogP contribution in [0.15, 0.2) is 24.3 Å². The zero-order valence-corrected chi connectivity index (χ0v) is 19.6. The van der Waals surface area contributed by atoms with Gasteiger partial charge in [-0.2, -0.15) is 11.8 Å². The molecule has 1 aromatic carbocycles. The Morgan fingerprint density at radius 2 is 2.09 bits per heavy atom. The van der Waals surface area contributed by atoms with Gasteiger partial charge in [0.2, 0.25) is 11.8 Å². The molecule has 10 heteroatoms. The lowest BCUT2D eigenvalue weighted by atomic mass is 10.2. The fourth-order valence-corrected chi connectivity index (χ4v) is 4.09. The molecule has 4 N–H and O–H groups in total. The predicted molar refractivity (Wildman–Crippen MR) is 124 cm³/mol. The average molecular weight is 467 g/mol. The number of thioether (sulfide) groups is 1. The second kappa shape index (κ2) is 14.0. The van der Waals surface area contributed by atoms with E-state index in [-0.39, 0.29) is 37.6 Å². The number of nitrogens with one attached hydrogen (secondary N) is 2. The van der Waals surface area contributed by atoms with Crippen LogP contribution in [0.4, 0.5) is 0 Å². The molecule has 2 rings (SSSR count). The van der Waals surface area contributed by atoms with E-state index in [0.29, 0.717) is 25.3 Å². The smallest absolute Gasteiger partial charge is 0.328 e. The zero-order chi connectivity index (χ0) is 23.3. The first-order valence-corrected chi connectivity index (χ1v) is 12.2. The van der Waals surface area contributed by atoms with Gasteiger partial charge in [0.25, 0.3) is 0 Å². The summed E-state index contributed by atoms with van der Waals surface area (Å²) in [6.45, 7) is 1.20. The van der Waals surface area contributed by atoms with E-state index in [0.717, 1.165) is 24.2 Å². The number of methoxy groups -OCH3 is 1. The van der Waals surface area contributed by atoms with Crippen molar-refractivity contribution in [2.75, 3.05) is 45.4 Å². The van der Waals surface area contributed by atoms with Crippen molar-refractivity contribution < 1.29 is 23.9 Å². The number of likely N-dealkylation sites (tertiary alicyclic amines) is 1. The Hall–Kier alpha value is -2.30. The summed E-state index contributed by atoms with van der Waals surface area (Å²) in [4.78, 5) is 38.7. The second-order valence-corrected chi connectivity index (χ2v) is 8.52. The van der Waals surface area contributed by atoms with Gasteiger partial charge in [-0.25, -0.2) is 4.79 Å². The van der Waals surface area contributed by atoms with Crippen molar-refractivity contribution in [2.45, 2.75) is 37.9 Å². The van der Waals surface area contributed by atoms with Crippen LogP contribution < -0.4 is 21.1 Å². The summed E-state index contributed by atoms with van der Waals surface area (Å²) in [6, 6.07) is 6.67. The molecule has 32 heavy (non-hydrogen) atoms. The van der Waals surface area contributed by atoms with Crippen molar-refractivity contribution in [1.29, 1.82) is 0 Å². The van der Waals surface area contributed by atoms with Gasteiger partial charge in [0.1, 0.15) is 18.4 Å². The summed E-state index contributed by atoms with van der Waals surface area (Å²) in [5.74, 6) is 0.538. The lowest BCUT2D eigenvalue weighted by Crippen LogP contribution is -2.47. The largest absolute Gasteiger partial charge is 0.496 e. The third kappa shape index (κ3) is 7.99. The number of rotatable bonds is 13. The van der Waals surface area contributed by atoms with E-state index in [1.165, 1.54) is 0 Å². The van der Waals surface area contributed by atoms with Gasteiger partial charge in [0.05, 0.1) is 26.2 Å². The molecule has 0 bridgehead atoms. The number of nitrogens with two attached hydrogens (primary N) is 1. The van der Waals surface area contributed by atoms with E-state index in [4.69, 9.17) is 15.2 Å². The zero-order valence-electron chi connectivity index (χ0n) is 18.8. The van der Waals surface area contributed by atoms with Crippen LogP contribution in [0, 0.1) is 0 Å². The van der Waals surface area contributed by atoms with Crippen LogP contribution in [0.3, 0.4) is 0 Å². The van der Waals surface area contributed by atoms with E-state index in [2.05, 4.69) is 10.6 Å². The lowest BCUT2D eigenvalue weighted by Gasteiger charge is -2.25. The first kappa shape index (κ1) is 26.0. The van der Waals surface area contributed by atoms with Crippen molar-refractivity contribution in [1.82, 2.24) is 15.5 Å². The number of ether oxygens (including phenoxy) is 2. The summed E-state index contributed by atoms with van der Waals surface area (Å²) in [6.07, 6.45) is 4.04. The maximum absolute atomic E-state index is 12.7. The molecule has 0 radical (unpaired) electrons. The summed E-state index contributed by atoms with van der Waals surface area (Å²) >= 11 is 1.59. The van der Waals surface area contributed by atoms with Gasteiger partial charge in [0, 0.05) is 18.7 Å². The molecule has 1 fully saturated rings. The summed E-state index contributed by atoms with van der Waals surface area (Å²) in [5.41, 5.74) is 6.40. The Labute approximate surface area is 193 Å². The van der Waals surface area contributed by atoms with Gasteiger partial charge < -0.3 is 30.7 Å². The second-order valence-electron chi connectivity index (χ2n) is 7.53. The van der Waals surface area contributed by atoms with Gasteiger partial charge in [0.15, 0.2) is 0 Å². The normalized spacial score (nSPS) is 16.5. The highest BCUT2D eigenvalue weighted by molar-refractivity contribution is 7.98. The van der Waals surface area contributed by atoms with Crippen molar-refractivity contribution in [3.63, 3.8) is 0 Å². The average Bonchev–Trinajstić information content (AvgIpc) is 3.28. The Morgan fingerprint density at radius 3 is 2.81 bits per heavy atom. The number of hydrogen-bond acceptors (Lipinski definition) is 8. The quantitative estimate of drug-likeness (QED) is 0.360. The van der Waals surface area contributed by atoms with Gasteiger partial charge in [-0.3, -0.25) is 9.59 Å². The first-order chi connectivity index (χ1) is 15.5. The number of benzene rings is 1. The minimum absolute atomic E-state index is 0.0568. The topological polar surface area (TPSA) is 123 Å². The molecule has 0 aliphatic carbocycles. The molecule has 2 atom stereocenters. The van der Waals surface area contributed by atoms with E-state index < -0.39 is 12.0 Å². The van der Waals surface area contributed by atoms with Crippen LogP contribution in [0.2, 0.25) is 0 Å². The van der Waals surface area contributed by atoms with Gasteiger partial charge in [-0.1, -0.05) is 18.2 Å². The molecular formula is C22H34N4O5S. The highest BCUT2D eigenvalue weighted by atomic mass is 32.2. The molecular weight excluding hydrogens is 432 g/mol. The molecule has 1 heterocycles. The van der Waals surface area contributed by atoms with Crippen LogP contribution in [0.1, 0.15) is 24.8 Å². The monoisotopic (exact) mass is 466 g/mol. The minimum atomic E-state index is -0.733. The third-order valence-corrected chi connectivity index (χ3v) is 5.96. The van der Waals surface area contributed by atoms with Gasteiger partial charge in [-0.15, -0.1) is 0 Å². The fraction of sp³-hybridized carbons (Fsp3) is 0.591. The van der Waals surface area contributed by atoms with E-state index >= 15 is 0 Å². The van der Waals surface area contributed by atoms with E-state index in [1.807, 2.05) is 30.5 Å². The molecule has 0 saturated carbocycles. The molecule has 9 nitrogen and oxygen atoms in total. The molecule has 1 aromatic rings. The third-order valence-electron chi connectivity index (χ3n) is 5.31. The van der Waals surface area contributed by atoms with Gasteiger partial charge in [-0.05, 0) is 37.3 Å². The maximum atomic E-state index is 12.7. The van der Waals surface area contributed by atoms with E-state index in [1.54, 1.807) is 23.8 Å². The Kier molecular flexibility index (Phi) is 11.3. The lowest BCUT2D eigenvalue weighted by molar-refractivity contribution is -0.150. The molecule has 0 spiro atoms. The van der Waals surface area contributed by atoms with Crippen molar-refractivity contribution >= 4 is 29.5 Å². The Bertz CT molecular complexity index is 764. The molecule has 1 aliphatic rings. The van der Waals surface area contributed by atoms with E-state index in [9.17, 15) is 14.4 Å². The Balaban J connectivity index is 1.83. The van der Waals surface area contributed by atoms with Crippen LogP contribution in [-0.2, 0) is 25.7 Å². The van der Waals surface area contributed by atoms with Crippen molar-refractivity contribution in [3.05, 3.63) is 29.8 Å². The number of hydrogen-bond donors (Lipinski definition) is 3. The summed E-state index contributed by atoms with van der Waals surface area (Å²) in [5, 5.41) is 5.84. The highest BCUT2D eigenvalue weighted by Crippen LogP contribution is 2.18. The first-order valence-electron chi connectivity index (χ1n) is 10.8. The number of carbonyl (C=O) groups is 3. The number of esters is 1. The van der Waals surface area contributed by atoms with Gasteiger partial charge >= 0.3 is 5.97 Å². The highest BCUT2D eigenvalue weighted by Gasteiger charge is 2.30. The number of amides is 2. The summed E-state index contributed by atoms with van der Waals surface area (Å²) in [7, 11) is 1.60. The SMILES string of the molecule is COc1ccccc1CNCC(=O)NC(CCSC)C(=O)OC[C@@H]1CCCN1C(=O)CN. The minimum Gasteiger partial charge on any atom is -0.496 e. The van der Waals surface area contributed by atoms with Crippen LogP contribution in [0.5, 0.6) is 5.75 Å². The van der Waals surface area contributed by atoms with Crippen molar-refractivity contribution in [2.24, 2.45) is 5.73 Å². The maximum Gasteiger partial charge on any atom is 0.328 e. The molecule has 2 amide bonds. The molecule has 1 saturated heterocycles. The summed E-state index contributed by atoms with van der Waals surface area (Å²) < 4.78 is 10.8. The standard InChI is InChI=1S/C22H34N4O5S/c1-30-19-8-4-3-6-16(19)13-24-14-20(27)25-18(9-11-32-2)22(29)31-15-17-7-5-10-26(17)21(28)12-23/h3-4,6,8,17-18,24H,5,7,9-15,23H2,1-2H3,(H,25,27)/t17-,18?/m0/s1. The van der Waals surface area contributed by atoms with Crippen molar-refractivity contribution in [3.8, 4) is 5.75 Å². The molecule has 0 aromatic heterocycles. The number of carbonyl (C=O) groups excluding carboxylic acids is 3. The fourth-order valence-electron chi connectivity index (χ4n) is 3.62. The molecule has 1 aliphatic heterocycles. The predicted octanol–water partition coefficient (Wildman–Crippen LogP) is 0.516.